The molecule has 1 aliphatic rings. The molecule has 2 aromatic rings. The third kappa shape index (κ3) is 4.59. The van der Waals surface area contributed by atoms with Crippen LogP contribution in [0.4, 0.5) is 5.69 Å². The van der Waals surface area contributed by atoms with Gasteiger partial charge in [0.1, 0.15) is 5.75 Å². The van der Waals surface area contributed by atoms with Crippen LogP contribution in [0.5, 0.6) is 5.75 Å². The molecule has 0 bridgehead atoms. The molecule has 2 aromatic carbocycles. The van der Waals surface area contributed by atoms with Gasteiger partial charge in [-0.1, -0.05) is 17.7 Å². The van der Waals surface area contributed by atoms with Gasteiger partial charge in [-0.2, -0.15) is 0 Å². The van der Waals surface area contributed by atoms with E-state index in [9.17, 15) is 4.79 Å². The van der Waals surface area contributed by atoms with Crippen LogP contribution in [0.15, 0.2) is 55.2 Å². The lowest BCUT2D eigenvalue weighted by Gasteiger charge is -2.12. The highest BCUT2D eigenvalue weighted by molar-refractivity contribution is 9.10. The van der Waals surface area contributed by atoms with Crippen LogP contribution >= 0.6 is 55.2 Å². The first-order chi connectivity index (χ1) is 12.9. The molecule has 0 N–H and O–H groups in total. The van der Waals surface area contributed by atoms with Gasteiger partial charge in [-0.15, -0.1) is 0 Å². The van der Waals surface area contributed by atoms with E-state index in [0.29, 0.717) is 27.3 Å². The van der Waals surface area contributed by atoms with Gasteiger partial charge in [-0.05, 0) is 92.5 Å². The Morgan fingerprint density at radius 2 is 2.00 bits per heavy atom. The Bertz CT molecular complexity index is 963. The Labute approximate surface area is 183 Å². The molecule has 1 amide bonds. The lowest BCUT2D eigenvalue weighted by Crippen LogP contribution is -2.28. The third-order valence-electron chi connectivity index (χ3n) is 3.81. The summed E-state index contributed by atoms with van der Waals surface area (Å²) in [6.07, 6.45) is 1.86. The highest BCUT2D eigenvalue weighted by atomic mass is 79.9. The zero-order valence-corrected chi connectivity index (χ0v) is 19.2. The minimum absolute atomic E-state index is 0.0589. The van der Waals surface area contributed by atoms with Gasteiger partial charge in [0.15, 0.2) is 5.17 Å². The van der Waals surface area contributed by atoms with Gasteiger partial charge < -0.3 is 4.74 Å². The molecule has 1 saturated heterocycles. The van der Waals surface area contributed by atoms with Gasteiger partial charge in [-0.25, -0.2) is 4.99 Å². The van der Waals surface area contributed by atoms with Crippen LogP contribution in [0.3, 0.4) is 0 Å². The van der Waals surface area contributed by atoms with Crippen LogP contribution in [-0.4, -0.2) is 29.6 Å². The number of thioether (sulfide) groups is 1. The first-order valence-corrected chi connectivity index (χ1v) is 10.8. The average Bonchev–Trinajstić information content (AvgIpc) is 2.93. The van der Waals surface area contributed by atoms with Gasteiger partial charge in [0.05, 0.1) is 27.2 Å². The zero-order chi connectivity index (χ0) is 19.6. The van der Waals surface area contributed by atoms with Crippen molar-refractivity contribution in [1.82, 2.24) is 4.90 Å². The summed E-state index contributed by atoms with van der Waals surface area (Å²) in [6, 6.07) is 11.1. The molecule has 0 aromatic heterocycles. The number of hydrogen-bond acceptors (Lipinski definition) is 4. The Morgan fingerprint density at radius 3 is 2.63 bits per heavy atom. The lowest BCUT2D eigenvalue weighted by atomic mass is 10.2. The summed E-state index contributed by atoms with van der Waals surface area (Å²) in [5, 5.41) is 1.22. The molecule has 8 heteroatoms. The van der Waals surface area contributed by atoms with E-state index >= 15 is 0 Å². The third-order valence-corrected chi connectivity index (χ3v) is 6.66. The summed E-state index contributed by atoms with van der Waals surface area (Å²) in [5.41, 5.74) is 1.60. The smallest absolute Gasteiger partial charge is 0.266 e. The number of hydrogen-bond donors (Lipinski definition) is 0. The molecule has 1 fully saturated rings. The second-order valence-electron chi connectivity index (χ2n) is 5.55. The summed E-state index contributed by atoms with van der Waals surface area (Å²) in [6.45, 7) is 2.47. The fourth-order valence-electron chi connectivity index (χ4n) is 2.46. The highest BCUT2D eigenvalue weighted by Gasteiger charge is 2.32. The standard InChI is InChI=1S/C19H15Br2ClN2O2S/c1-3-24-18(25)17(9-11-4-7-16(26-2)14(21)8-11)27-19(24)23-12-5-6-13(20)15(22)10-12/h4-10H,3H2,1-2H3/b17-9-,23-19?. The second-order valence-corrected chi connectivity index (χ2v) is 8.67. The summed E-state index contributed by atoms with van der Waals surface area (Å²) < 4.78 is 6.89. The summed E-state index contributed by atoms with van der Waals surface area (Å²) >= 11 is 14.3. The maximum atomic E-state index is 12.8. The molecule has 4 nitrogen and oxygen atoms in total. The number of amidine groups is 1. The molecule has 27 heavy (non-hydrogen) atoms. The second kappa shape index (κ2) is 8.82. The fraction of sp³-hybridized carbons (Fsp3) is 0.158. The number of benzene rings is 2. The van der Waals surface area contributed by atoms with E-state index in [-0.39, 0.29) is 5.91 Å². The first kappa shape index (κ1) is 20.5. The topological polar surface area (TPSA) is 41.9 Å². The van der Waals surface area contributed by atoms with E-state index in [0.717, 1.165) is 20.3 Å². The van der Waals surface area contributed by atoms with Gasteiger partial charge in [-0.3, -0.25) is 9.69 Å². The van der Waals surface area contributed by atoms with Gasteiger partial charge in [0.2, 0.25) is 0 Å². The van der Waals surface area contributed by atoms with Crippen LogP contribution in [-0.2, 0) is 4.79 Å². The van der Waals surface area contributed by atoms with E-state index in [1.165, 1.54) is 11.8 Å². The largest absolute Gasteiger partial charge is 0.496 e. The van der Waals surface area contributed by atoms with Crippen LogP contribution in [0.1, 0.15) is 12.5 Å². The van der Waals surface area contributed by atoms with Crippen LogP contribution in [0.25, 0.3) is 6.08 Å². The van der Waals surface area contributed by atoms with E-state index in [1.807, 2.05) is 43.3 Å². The van der Waals surface area contributed by atoms with E-state index < -0.39 is 0 Å². The maximum Gasteiger partial charge on any atom is 0.266 e. The van der Waals surface area contributed by atoms with Crippen LogP contribution < -0.4 is 4.74 Å². The van der Waals surface area contributed by atoms with Crippen molar-refractivity contribution in [3.8, 4) is 5.75 Å². The molecule has 0 spiro atoms. The number of nitrogens with zero attached hydrogens (tertiary/aromatic N) is 2. The number of halogens is 3. The number of rotatable bonds is 4. The number of carbonyl (C=O) groups is 1. The van der Waals surface area contributed by atoms with Crippen molar-refractivity contribution in [2.75, 3.05) is 13.7 Å². The number of likely N-dealkylation sites (N-methyl/N-ethyl adjacent to an activating group) is 1. The van der Waals surface area contributed by atoms with Gasteiger partial charge in [0.25, 0.3) is 5.91 Å². The monoisotopic (exact) mass is 528 g/mol. The molecule has 0 radical (unpaired) electrons. The Kier molecular flexibility index (Phi) is 6.68. The Morgan fingerprint density at radius 1 is 1.22 bits per heavy atom. The number of carbonyl (C=O) groups excluding carboxylic acids is 1. The summed E-state index contributed by atoms with van der Waals surface area (Å²) in [7, 11) is 1.62. The maximum absolute atomic E-state index is 12.8. The highest BCUT2D eigenvalue weighted by Crippen LogP contribution is 2.36. The Hall–Kier alpha value is -1.28. The lowest BCUT2D eigenvalue weighted by molar-refractivity contribution is -0.122. The number of ether oxygens (including phenoxy) is 1. The fourth-order valence-corrected chi connectivity index (χ4v) is 4.50. The van der Waals surface area contributed by atoms with Crippen molar-refractivity contribution >= 4 is 78.1 Å². The average molecular weight is 531 g/mol. The quantitative estimate of drug-likeness (QED) is 0.424. The van der Waals surface area contributed by atoms with Crippen LogP contribution in [0.2, 0.25) is 5.02 Å². The molecule has 1 aliphatic heterocycles. The summed E-state index contributed by atoms with van der Waals surface area (Å²) in [5.74, 6) is 0.684. The van der Waals surface area contributed by atoms with Gasteiger partial charge >= 0.3 is 0 Å². The molecule has 0 aliphatic carbocycles. The summed E-state index contributed by atoms with van der Waals surface area (Å²) in [4.78, 5) is 19.6. The molecule has 0 saturated carbocycles. The van der Waals surface area contributed by atoms with Crippen LogP contribution in [0, 0.1) is 0 Å². The van der Waals surface area contributed by atoms with Crippen molar-refractivity contribution in [2.24, 2.45) is 4.99 Å². The molecular formula is C19H15Br2ClN2O2S. The van der Waals surface area contributed by atoms with Gasteiger partial charge in [0, 0.05) is 11.0 Å². The Balaban J connectivity index is 1.93. The first-order valence-electron chi connectivity index (χ1n) is 8.01. The van der Waals surface area contributed by atoms with E-state index in [2.05, 4.69) is 36.9 Å². The zero-order valence-electron chi connectivity index (χ0n) is 14.5. The molecule has 3 rings (SSSR count). The predicted molar refractivity (Wildman–Crippen MR) is 120 cm³/mol. The number of methoxy groups -OCH3 is 1. The number of aliphatic imine (C=N–C) groups is 1. The molecule has 0 atom stereocenters. The van der Waals surface area contributed by atoms with Crippen molar-refractivity contribution < 1.29 is 9.53 Å². The van der Waals surface area contributed by atoms with Crippen molar-refractivity contribution in [3.63, 3.8) is 0 Å². The minimum Gasteiger partial charge on any atom is -0.496 e. The van der Waals surface area contributed by atoms with Crippen molar-refractivity contribution in [2.45, 2.75) is 6.92 Å². The molecule has 140 valence electrons. The van der Waals surface area contributed by atoms with E-state index in [1.54, 1.807) is 18.1 Å². The SMILES string of the molecule is CCN1C(=O)/C(=C/c2ccc(OC)c(Br)c2)SC1=Nc1ccc(Br)c(Cl)c1. The van der Waals surface area contributed by atoms with E-state index in [4.69, 9.17) is 16.3 Å². The minimum atomic E-state index is -0.0589. The van der Waals surface area contributed by atoms with Crippen molar-refractivity contribution in [1.29, 1.82) is 0 Å². The number of amides is 1. The molecular weight excluding hydrogens is 516 g/mol. The normalized spacial score (nSPS) is 17.2. The molecule has 1 heterocycles. The molecule has 0 unspecified atom stereocenters. The van der Waals surface area contributed by atoms with Crippen molar-refractivity contribution in [3.05, 3.63) is 60.8 Å². The predicted octanol–water partition coefficient (Wildman–Crippen LogP) is 6.50.